The number of rotatable bonds is 2. The van der Waals surface area contributed by atoms with Crippen LogP contribution in [0.2, 0.25) is 0 Å². The molecule has 0 bridgehead atoms. The molecule has 0 radical (unpaired) electrons. The molecule has 1 aliphatic rings. The van der Waals surface area contributed by atoms with Gasteiger partial charge in [-0.15, -0.1) is 0 Å². The Morgan fingerprint density at radius 3 is 2.12 bits per heavy atom. The maximum absolute atomic E-state index is 9.40. The monoisotopic (exact) mass is 526 g/mol. The van der Waals surface area contributed by atoms with Crippen molar-refractivity contribution >= 4 is 33.4 Å². The van der Waals surface area contributed by atoms with E-state index in [0.29, 0.717) is 5.56 Å². The molecule has 3 heteroatoms. The van der Waals surface area contributed by atoms with E-state index in [1.54, 1.807) is 0 Å². The lowest BCUT2D eigenvalue weighted by Crippen LogP contribution is -1.98. The van der Waals surface area contributed by atoms with Crippen molar-refractivity contribution in [1.29, 1.82) is 5.26 Å². The summed E-state index contributed by atoms with van der Waals surface area (Å²) in [5.74, 6) is 0. The van der Waals surface area contributed by atoms with Gasteiger partial charge in [0.05, 0.1) is 22.8 Å². The van der Waals surface area contributed by atoms with Crippen LogP contribution in [0.3, 0.4) is 0 Å². The van der Waals surface area contributed by atoms with Crippen LogP contribution < -0.4 is 0 Å². The third-order valence-electron chi connectivity index (χ3n) is 7.82. The average Bonchev–Trinajstić information content (AvgIpc) is 3.29. The number of aromatic nitrogens is 1. The van der Waals surface area contributed by atoms with Gasteiger partial charge in [-0.05, 0) is 58.5 Å². The number of fused-ring (bicyclic) bond motifs is 9. The highest BCUT2D eigenvalue weighted by Crippen LogP contribution is 2.53. The first-order valence-electron chi connectivity index (χ1n) is 13.3. The van der Waals surface area contributed by atoms with Crippen molar-refractivity contribution in [2.75, 3.05) is 0 Å². The molecule has 7 aromatic rings. The third kappa shape index (κ3) is 3.44. The Kier molecular flexibility index (Phi) is 5.16. The van der Waals surface area contributed by atoms with Crippen LogP contribution in [0.1, 0.15) is 5.56 Å². The van der Waals surface area contributed by atoms with E-state index in [9.17, 15) is 5.26 Å². The molecule has 1 aliphatic heterocycles. The molecule has 2 heterocycles. The molecule has 0 N–H and O–H groups in total. The van der Waals surface area contributed by atoms with Gasteiger partial charge < -0.3 is 4.57 Å². The molecule has 0 spiro atoms. The highest BCUT2D eigenvalue weighted by Gasteiger charge is 2.28. The van der Waals surface area contributed by atoms with Gasteiger partial charge in [0.1, 0.15) is 0 Å². The van der Waals surface area contributed by atoms with E-state index in [0.717, 1.165) is 16.8 Å². The summed E-state index contributed by atoms with van der Waals surface area (Å²) in [6.07, 6.45) is 0. The molecule has 1 aromatic heterocycles. The fourth-order valence-electron chi connectivity index (χ4n) is 6.04. The van der Waals surface area contributed by atoms with Crippen LogP contribution in [-0.2, 0) is 0 Å². The molecule has 0 fully saturated rings. The van der Waals surface area contributed by atoms with E-state index in [-0.39, 0.29) is 0 Å². The zero-order chi connectivity index (χ0) is 26.6. The van der Waals surface area contributed by atoms with Crippen LogP contribution in [0.5, 0.6) is 0 Å². The SMILES string of the molecule is N#Cc1cccc(-c2ccc(-n3c4c(c5ccc6ccccc6c53)-c3ccccc3Sc3ccccc3-4)cc2)c1. The molecule has 0 unspecified atom stereocenters. The van der Waals surface area contributed by atoms with Gasteiger partial charge in [-0.3, -0.25) is 0 Å². The summed E-state index contributed by atoms with van der Waals surface area (Å²) in [6.45, 7) is 0. The molecule has 0 saturated heterocycles. The van der Waals surface area contributed by atoms with Crippen LogP contribution in [0.4, 0.5) is 0 Å². The molecule has 0 atom stereocenters. The molecule has 186 valence electrons. The lowest BCUT2D eigenvalue weighted by molar-refractivity contribution is 1.13. The molecule has 0 aliphatic carbocycles. The minimum Gasteiger partial charge on any atom is -0.308 e. The van der Waals surface area contributed by atoms with Gasteiger partial charge in [-0.1, -0.05) is 109 Å². The fourth-order valence-corrected chi connectivity index (χ4v) is 7.12. The van der Waals surface area contributed by atoms with Crippen molar-refractivity contribution in [1.82, 2.24) is 4.57 Å². The molecule has 2 nitrogen and oxygen atoms in total. The summed E-state index contributed by atoms with van der Waals surface area (Å²) in [5, 5.41) is 13.1. The zero-order valence-corrected chi connectivity index (χ0v) is 22.3. The quantitative estimate of drug-likeness (QED) is 0.224. The van der Waals surface area contributed by atoms with Crippen LogP contribution in [-0.4, -0.2) is 4.57 Å². The van der Waals surface area contributed by atoms with Gasteiger partial charge >= 0.3 is 0 Å². The van der Waals surface area contributed by atoms with Gasteiger partial charge in [0.2, 0.25) is 0 Å². The Morgan fingerprint density at radius 2 is 1.30 bits per heavy atom. The normalized spacial score (nSPS) is 11.9. The van der Waals surface area contributed by atoms with Gasteiger partial charge in [0.15, 0.2) is 0 Å². The Hall–Kier alpha value is -5.04. The first-order valence-corrected chi connectivity index (χ1v) is 14.2. The van der Waals surface area contributed by atoms with E-state index in [1.807, 2.05) is 30.0 Å². The summed E-state index contributed by atoms with van der Waals surface area (Å²) in [4.78, 5) is 2.53. The number of nitriles is 1. The van der Waals surface area contributed by atoms with Crippen LogP contribution in [0.25, 0.3) is 60.9 Å². The smallest absolute Gasteiger partial charge is 0.0991 e. The van der Waals surface area contributed by atoms with Gasteiger partial charge in [-0.25, -0.2) is 0 Å². The van der Waals surface area contributed by atoms with Crippen LogP contribution >= 0.6 is 11.8 Å². The van der Waals surface area contributed by atoms with E-state index in [2.05, 4.69) is 126 Å². The van der Waals surface area contributed by atoms with Gasteiger partial charge in [0.25, 0.3) is 0 Å². The summed E-state index contributed by atoms with van der Waals surface area (Å²) < 4.78 is 2.46. The standard InChI is InChI=1S/C37H22N2S/c38-23-24-8-7-10-27(22-24)25-16-19-28(20-17-25)39-36-29-11-2-1-9-26(29)18-21-32(36)35-30-12-3-5-14-33(30)40-34-15-6-4-13-31(34)37(35)39/h1-22H. The minimum absolute atomic E-state index is 0.669. The van der Waals surface area contributed by atoms with Gasteiger partial charge in [-0.2, -0.15) is 5.26 Å². The second-order valence-corrected chi connectivity index (χ2v) is 11.2. The summed E-state index contributed by atoms with van der Waals surface area (Å²) in [7, 11) is 0. The van der Waals surface area contributed by atoms with E-state index >= 15 is 0 Å². The van der Waals surface area contributed by atoms with Gasteiger partial charge in [0, 0.05) is 37.4 Å². The van der Waals surface area contributed by atoms with E-state index in [1.165, 1.54) is 53.9 Å². The average molecular weight is 527 g/mol. The Bertz CT molecular complexity index is 2150. The molecule has 40 heavy (non-hydrogen) atoms. The fraction of sp³-hybridized carbons (Fsp3) is 0. The highest BCUT2D eigenvalue weighted by molar-refractivity contribution is 7.99. The first-order chi connectivity index (χ1) is 19.8. The maximum Gasteiger partial charge on any atom is 0.0991 e. The van der Waals surface area contributed by atoms with Crippen LogP contribution in [0, 0.1) is 11.3 Å². The Balaban J connectivity index is 1.49. The number of nitrogens with zero attached hydrogens (tertiary/aromatic N) is 2. The second-order valence-electron chi connectivity index (χ2n) is 10.1. The van der Waals surface area contributed by atoms with Crippen molar-refractivity contribution < 1.29 is 0 Å². The summed E-state index contributed by atoms with van der Waals surface area (Å²) in [5.41, 5.74) is 10.1. The van der Waals surface area contributed by atoms with Crippen molar-refractivity contribution in [2.24, 2.45) is 0 Å². The lowest BCUT2D eigenvalue weighted by atomic mass is 9.97. The van der Waals surface area contributed by atoms with Crippen molar-refractivity contribution in [2.45, 2.75) is 9.79 Å². The maximum atomic E-state index is 9.40. The molecular weight excluding hydrogens is 504 g/mol. The van der Waals surface area contributed by atoms with E-state index < -0.39 is 0 Å². The van der Waals surface area contributed by atoms with Crippen molar-refractivity contribution in [3.8, 4) is 45.3 Å². The number of benzene rings is 6. The zero-order valence-electron chi connectivity index (χ0n) is 21.5. The first kappa shape index (κ1) is 22.9. The Morgan fingerprint density at radius 1 is 0.575 bits per heavy atom. The van der Waals surface area contributed by atoms with Crippen molar-refractivity contribution in [3.05, 3.63) is 139 Å². The molecule has 8 rings (SSSR count). The summed E-state index contributed by atoms with van der Waals surface area (Å²) in [6, 6.07) is 49.6. The lowest BCUT2D eigenvalue weighted by Gasteiger charge is -2.15. The van der Waals surface area contributed by atoms with Crippen LogP contribution in [0.15, 0.2) is 143 Å². The van der Waals surface area contributed by atoms with E-state index in [4.69, 9.17) is 0 Å². The minimum atomic E-state index is 0.669. The number of hydrogen-bond acceptors (Lipinski definition) is 2. The second kappa shape index (κ2) is 9.02. The predicted molar refractivity (Wildman–Crippen MR) is 166 cm³/mol. The molecule has 6 aromatic carbocycles. The third-order valence-corrected chi connectivity index (χ3v) is 8.97. The molecule has 0 saturated carbocycles. The van der Waals surface area contributed by atoms with Crippen molar-refractivity contribution in [3.63, 3.8) is 0 Å². The number of hydrogen-bond donors (Lipinski definition) is 0. The topological polar surface area (TPSA) is 28.7 Å². The highest BCUT2D eigenvalue weighted by atomic mass is 32.2. The Labute approximate surface area is 236 Å². The summed E-state index contributed by atoms with van der Waals surface area (Å²) >= 11 is 1.84. The molecular formula is C37H22N2S. The molecule has 0 amide bonds. The largest absolute Gasteiger partial charge is 0.308 e. The predicted octanol–water partition coefficient (Wildman–Crippen LogP) is 10.1.